The zero-order valence-electron chi connectivity index (χ0n) is 5.21. The highest BCUT2D eigenvalue weighted by Crippen LogP contribution is 2.21. The Morgan fingerprint density at radius 1 is 1.55 bits per heavy atom. The quantitative estimate of drug-likeness (QED) is 0.700. The van der Waals surface area contributed by atoms with Crippen molar-refractivity contribution in [2.45, 2.75) is 4.90 Å². The highest BCUT2D eigenvalue weighted by Gasteiger charge is 2.05. The van der Waals surface area contributed by atoms with Gasteiger partial charge >= 0.3 is 0 Å². The number of rotatable bonds is 1. The Balaban J connectivity index is 3.32. The van der Waals surface area contributed by atoms with Crippen molar-refractivity contribution in [2.24, 2.45) is 0 Å². The third-order valence-electron chi connectivity index (χ3n) is 1.09. The number of hydrogen-bond acceptors (Lipinski definition) is 2. The molecule has 0 fully saturated rings. The summed E-state index contributed by atoms with van der Waals surface area (Å²) in [4.78, 5) is -0.326. The lowest BCUT2D eigenvalue weighted by Crippen LogP contribution is -1.94. The van der Waals surface area contributed by atoms with E-state index in [4.69, 9.17) is 0 Å². The zero-order valence-corrected chi connectivity index (χ0v) is 7.62. The molecule has 11 heavy (non-hydrogen) atoms. The normalized spacial score (nSPS) is 13.0. The lowest BCUT2D eigenvalue weighted by Gasteiger charge is -2.07. The maximum absolute atomic E-state index is 12.7. The standard InChI is InChI=1S/C6H4BrFO2S/c7-4-2-1-3-5(8)6(4)11(9)10/h1-3H,(H,9,10)/p-1. The first-order chi connectivity index (χ1) is 5.13. The van der Waals surface area contributed by atoms with Gasteiger partial charge in [0.25, 0.3) is 0 Å². The first kappa shape index (κ1) is 8.83. The molecule has 0 aliphatic heterocycles. The number of benzene rings is 1. The van der Waals surface area contributed by atoms with Gasteiger partial charge in [-0.15, -0.1) is 0 Å². The van der Waals surface area contributed by atoms with Gasteiger partial charge in [0.2, 0.25) is 0 Å². The summed E-state index contributed by atoms with van der Waals surface area (Å²) in [6.07, 6.45) is 0. The predicted octanol–water partition coefficient (Wildman–Crippen LogP) is 1.83. The van der Waals surface area contributed by atoms with Crippen molar-refractivity contribution in [3.63, 3.8) is 0 Å². The SMILES string of the molecule is O=S([O-])c1c(F)cccc1Br. The van der Waals surface area contributed by atoms with E-state index in [1.807, 2.05) is 0 Å². The minimum absolute atomic E-state index is 0.242. The van der Waals surface area contributed by atoms with Gasteiger partial charge in [0.05, 0.1) is 4.90 Å². The van der Waals surface area contributed by atoms with E-state index in [0.29, 0.717) is 0 Å². The Labute approximate surface area is 73.8 Å². The van der Waals surface area contributed by atoms with Crippen LogP contribution in [0, 0.1) is 5.82 Å². The first-order valence-corrected chi connectivity index (χ1v) is 4.53. The molecule has 1 rings (SSSR count). The number of hydrogen-bond donors (Lipinski definition) is 0. The summed E-state index contributed by atoms with van der Waals surface area (Å²) in [5, 5.41) is 0. The molecule has 0 heterocycles. The third kappa shape index (κ3) is 1.85. The molecule has 2 nitrogen and oxygen atoms in total. The average molecular weight is 238 g/mol. The number of halogens is 2. The van der Waals surface area contributed by atoms with Crippen molar-refractivity contribution >= 4 is 27.0 Å². The van der Waals surface area contributed by atoms with Crippen molar-refractivity contribution < 1.29 is 13.2 Å². The van der Waals surface area contributed by atoms with E-state index in [1.54, 1.807) is 0 Å². The summed E-state index contributed by atoms with van der Waals surface area (Å²) in [6, 6.07) is 3.99. The van der Waals surface area contributed by atoms with Crippen molar-refractivity contribution in [1.29, 1.82) is 0 Å². The van der Waals surface area contributed by atoms with Crippen LogP contribution in [0.5, 0.6) is 0 Å². The summed E-state index contributed by atoms with van der Waals surface area (Å²) >= 11 is 0.391. The predicted molar refractivity (Wildman–Crippen MR) is 41.3 cm³/mol. The molecule has 60 valence electrons. The van der Waals surface area contributed by atoms with E-state index in [9.17, 15) is 13.2 Å². The molecular weight excluding hydrogens is 235 g/mol. The topological polar surface area (TPSA) is 40.1 Å². The molecule has 5 heteroatoms. The van der Waals surface area contributed by atoms with Crippen molar-refractivity contribution in [1.82, 2.24) is 0 Å². The molecule has 0 aliphatic carbocycles. The molecular formula is C6H3BrFO2S-. The van der Waals surface area contributed by atoms with Gasteiger partial charge in [0, 0.05) is 4.47 Å². The van der Waals surface area contributed by atoms with Crippen LogP contribution in [0.1, 0.15) is 0 Å². The maximum atomic E-state index is 12.7. The molecule has 0 saturated carbocycles. The lowest BCUT2D eigenvalue weighted by molar-refractivity contribution is 0.522. The van der Waals surface area contributed by atoms with E-state index >= 15 is 0 Å². The summed E-state index contributed by atoms with van der Waals surface area (Å²) < 4.78 is 33.7. The van der Waals surface area contributed by atoms with Gasteiger partial charge in [-0.3, -0.25) is 4.21 Å². The van der Waals surface area contributed by atoms with Crippen LogP contribution in [-0.4, -0.2) is 8.76 Å². The van der Waals surface area contributed by atoms with Crippen LogP contribution in [0.15, 0.2) is 27.6 Å². The van der Waals surface area contributed by atoms with Crippen molar-refractivity contribution in [3.8, 4) is 0 Å². The van der Waals surface area contributed by atoms with Crippen LogP contribution in [0.2, 0.25) is 0 Å². The Morgan fingerprint density at radius 3 is 2.55 bits per heavy atom. The molecule has 0 radical (unpaired) electrons. The van der Waals surface area contributed by atoms with E-state index < -0.39 is 16.9 Å². The first-order valence-electron chi connectivity index (χ1n) is 2.66. The summed E-state index contributed by atoms with van der Waals surface area (Å²) in [6.45, 7) is 0. The highest BCUT2D eigenvalue weighted by molar-refractivity contribution is 9.10. The van der Waals surface area contributed by atoms with Crippen LogP contribution in [-0.2, 0) is 11.1 Å². The average Bonchev–Trinajstić information content (AvgIpc) is 1.85. The van der Waals surface area contributed by atoms with Gasteiger partial charge < -0.3 is 4.55 Å². The molecule has 1 atom stereocenters. The monoisotopic (exact) mass is 237 g/mol. The van der Waals surface area contributed by atoms with E-state index in [-0.39, 0.29) is 9.37 Å². The molecule has 1 aromatic carbocycles. The van der Waals surface area contributed by atoms with Gasteiger partial charge in [0.15, 0.2) is 0 Å². The molecule has 0 bridgehead atoms. The fourth-order valence-corrected chi connectivity index (χ4v) is 1.83. The lowest BCUT2D eigenvalue weighted by atomic mass is 10.3. The van der Waals surface area contributed by atoms with Crippen LogP contribution in [0.3, 0.4) is 0 Å². The second-order valence-corrected chi connectivity index (χ2v) is 3.52. The molecule has 1 unspecified atom stereocenters. The second kappa shape index (κ2) is 3.42. The fraction of sp³-hybridized carbons (Fsp3) is 0. The Bertz CT molecular complexity index is 282. The van der Waals surface area contributed by atoms with Crippen LogP contribution in [0.4, 0.5) is 4.39 Å². The van der Waals surface area contributed by atoms with E-state index in [1.165, 1.54) is 12.1 Å². The second-order valence-electron chi connectivity index (χ2n) is 1.79. The molecule has 1 aromatic rings. The summed E-state index contributed by atoms with van der Waals surface area (Å²) in [7, 11) is 0. The molecule has 0 saturated heterocycles. The molecule has 0 spiro atoms. The van der Waals surface area contributed by atoms with Crippen molar-refractivity contribution in [3.05, 3.63) is 28.5 Å². The van der Waals surface area contributed by atoms with Crippen molar-refractivity contribution in [2.75, 3.05) is 0 Å². The van der Waals surface area contributed by atoms with E-state index in [0.717, 1.165) is 6.07 Å². The molecule has 0 aromatic heterocycles. The van der Waals surface area contributed by atoms with Gasteiger partial charge in [-0.1, -0.05) is 6.07 Å². The minimum Gasteiger partial charge on any atom is -0.768 e. The van der Waals surface area contributed by atoms with Gasteiger partial charge in [-0.2, -0.15) is 0 Å². The van der Waals surface area contributed by atoms with Crippen LogP contribution >= 0.6 is 15.9 Å². The van der Waals surface area contributed by atoms with Gasteiger partial charge in [0.1, 0.15) is 5.82 Å². The fourth-order valence-electron chi connectivity index (χ4n) is 0.642. The Kier molecular flexibility index (Phi) is 2.75. The molecule has 0 N–H and O–H groups in total. The van der Waals surface area contributed by atoms with E-state index in [2.05, 4.69) is 15.9 Å². The third-order valence-corrected chi connectivity index (χ3v) is 2.76. The van der Waals surface area contributed by atoms with Crippen LogP contribution in [0.25, 0.3) is 0 Å². The summed E-state index contributed by atoms with van der Waals surface area (Å²) in [5.41, 5.74) is 0. The smallest absolute Gasteiger partial charge is 0.139 e. The molecule has 0 amide bonds. The zero-order chi connectivity index (χ0) is 8.43. The maximum Gasteiger partial charge on any atom is 0.139 e. The minimum atomic E-state index is -2.52. The Hall–Kier alpha value is -0.260. The Morgan fingerprint density at radius 2 is 2.18 bits per heavy atom. The largest absolute Gasteiger partial charge is 0.768 e. The molecule has 0 aliphatic rings. The van der Waals surface area contributed by atoms with Gasteiger partial charge in [-0.05, 0) is 39.1 Å². The van der Waals surface area contributed by atoms with Crippen LogP contribution < -0.4 is 0 Å². The highest BCUT2D eigenvalue weighted by atomic mass is 79.9. The summed E-state index contributed by atoms with van der Waals surface area (Å²) in [5.74, 6) is -0.743. The van der Waals surface area contributed by atoms with Gasteiger partial charge in [-0.25, -0.2) is 4.39 Å².